The van der Waals surface area contributed by atoms with Crippen LogP contribution >= 0.6 is 22.9 Å². The number of benzene rings is 2. The Morgan fingerprint density at radius 2 is 1.85 bits per heavy atom. The zero-order chi connectivity index (χ0) is 18.8. The summed E-state index contributed by atoms with van der Waals surface area (Å²) in [6, 6.07) is 16.3. The van der Waals surface area contributed by atoms with Crippen molar-refractivity contribution in [3.63, 3.8) is 0 Å². The molecule has 2 N–H and O–H groups in total. The molecule has 0 saturated heterocycles. The number of carbonyl (C=O) groups excluding carboxylic acids is 2. The SMILES string of the molecule is O=C(Nc1nc2c(s1)CN(Cc1ccccc1)C2=O)Nc1ccccc1Cl. The molecule has 0 bridgehead atoms. The van der Waals surface area contributed by atoms with E-state index in [9.17, 15) is 9.59 Å². The quantitative estimate of drug-likeness (QED) is 0.674. The summed E-state index contributed by atoms with van der Waals surface area (Å²) in [6.45, 7) is 1.03. The molecule has 136 valence electrons. The fourth-order valence-electron chi connectivity index (χ4n) is 2.82. The van der Waals surface area contributed by atoms with Crippen molar-refractivity contribution in [2.75, 3.05) is 10.6 Å². The largest absolute Gasteiger partial charge is 0.328 e. The Morgan fingerprint density at radius 3 is 2.59 bits per heavy atom. The summed E-state index contributed by atoms with van der Waals surface area (Å²) in [4.78, 5) is 31.6. The number of thiazole rings is 1. The topological polar surface area (TPSA) is 74.3 Å². The van der Waals surface area contributed by atoms with E-state index in [2.05, 4.69) is 15.6 Å². The summed E-state index contributed by atoms with van der Waals surface area (Å²) in [5, 5.41) is 6.16. The third-order valence-electron chi connectivity index (χ3n) is 4.08. The Balaban J connectivity index is 1.40. The van der Waals surface area contributed by atoms with Gasteiger partial charge in [0.1, 0.15) is 5.69 Å². The first-order valence-electron chi connectivity index (χ1n) is 8.25. The number of amides is 3. The molecule has 2 aromatic carbocycles. The second kappa shape index (κ2) is 7.38. The van der Waals surface area contributed by atoms with Crippen LogP contribution in [0.3, 0.4) is 0 Å². The van der Waals surface area contributed by atoms with Crippen LogP contribution < -0.4 is 10.6 Å². The van der Waals surface area contributed by atoms with E-state index in [0.29, 0.717) is 34.6 Å². The van der Waals surface area contributed by atoms with E-state index in [1.807, 2.05) is 30.3 Å². The smallest absolute Gasteiger partial charge is 0.325 e. The van der Waals surface area contributed by atoms with Crippen molar-refractivity contribution in [2.45, 2.75) is 13.1 Å². The van der Waals surface area contributed by atoms with E-state index in [4.69, 9.17) is 11.6 Å². The first-order chi connectivity index (χ1) is 13.1. The van der Waals surface area contributed by atoms with E-state index < -0.39 is 6.03 Å². The van der Waals surface area contributed by atoms with Gasteiger partial charge in [0, 0.05) is 6.54 Å². The van der Waals surface area contributed by atoms with Gasteiger partial charge in [-0.15, -0.1) is 0 Å². The molecule has 0 aliphatic carbocycles. The van der Waals surface area contributed by atoms with Gasteiger partial charge in [0.2, 0.25) is 0 Å². The number of aromatic nitrogens is 1. The number of hydrogen-bond donors (Lipinski definition) is 2. The molecule has 0 atom stereocenters. The Labute approximate surface area is 164 Å². The highest BCUT2D eigenvalue weighted by Gasteiger charge is 2.32. The molecule has 2 heterocycles. The minimum absolute atomic E-state index is 0.121. The molecule has 0 spiro atoms. The van der Waals surface area contributed by atoms with Crippen LogP contribution in [0.25, 0.3) is 0 Å². The zero-order valence-corrected chi connectivity index (χ0v) is 15.7. The molecule has 0 fully saturated rings. The molecule has 0 unspecified atom stereocenters. The number of urea groups is 1. The molecule has 1 aliphatic heterocycles. The Kier molecular flexibility index (Phi) is 4.79. The lowest BCUT2D eigenvalue weighted by Gasteiger charge is -2.15. The summed E-state index contributed by atoms with van der Waals surface area (Å²) in [7, 11) is 0. The fourth-order valence-corrected chi connectivity index (χ4v) is 3.97. The second-order valence-corrected chi connectivity index (χ2v) is 7.49. The lowest BCUT2D eigenvalue weighted by Crippen LogP contribution is -2.24. The van der Waals surface area contributed by atoms with Crippen molar-refractivity contribution in [2.24, 2.45) is 0 Å². The van der Waals surface area contributed by atoms with Crippen molar-refractivity contribution in [3.8, 4) is 0 Å². The minimum atomic E-state index is -0.455. The van der Waals surface area contributed by atoms with Crippen molar-refractivity contribution in [1.29, 1.82) is 0 Å². The third-order valence-corrected chi connectivity index (χ3v) is 5.37. The second-order valence-electron chi connectivity index (χ2n) is 6.00. The number of nitrogens with zero attached hydrogens (tertiary/aromatic N) is 2. The van der Waals surface area contributed by atoms with Gasteiger partial charge in [0.05, 0.1) is 22.1 Å². The number of hydrogen-bond acceptors (Lipinski definition) is 4. The molecule has 6 nitrogen and oxygen atoms in total. The summed E-state index contributed by atoms with van der Waals surface area (Å²) >= 11 is 7.33. The van der Waals surface area contributed by atoms with Crippen molar-refractivity contribution < 1.29 is 9.59 Å². The number of halogens is 1. The van der Waals surface area contributed by atoms with Gasteiger partial charge in [-0.1, -0.05) is 65.4 Å². The Bertz CT molecular complexity index is 1010. The van der Waals surface area contributed by atoms with E-state index >= 15 is 0 Å². The number of nitrogens with one attached hydrogen (secondary N) is 2. The van der Waals surface area contributed by atoms with E-state index in [1.165, 1.54) is 11.3 Å². The lowest BCUT2D eigenvalue weighted by atomic mass is 10.2. The van der Waals surface area contributed by atoms with Crippen LogP contribution in [-0.2, 0) is 13.1 Å². The average molecular weight is 399 g/mol. The summed E-state index contributed by atoms with van der Waals surface area (Å²) in [6.07, 6.45) is 0. The maximum absolute atomic E-state index is 12.6. The monoisotopic (exact) mass is 398 g/mol. The van der Waals surface area contributed by atoms with Crippen LogP contribution in [-0.4, -0.2) is 21.8 Å². The molecule has 8 heteroatoms. The third kappa shape index (κ3) is 3.79. The molecule has 0 saturated carbocycles. The van der Waals surface area contributed by atoms with Gasteiger partial charge in [-0.05, 0) is 17.7 Å². The van der Waals surface area contributed by atoms with E-state index in [0.717, 1.165) is 10.4 Å². The molecule has 3 aromatic rings. The normalized spacial score (nSPS) is 12.8. The number of rotatable bonds is 4. The first kappa shape index (κ1) is 17.5. The molecule has 3 amide bonds. The van der Waals surface area contributed by atoms with Crippen LogP contribution in [0.4, 0.5) is 15.6 Å². The summed E-state index contributed by atoms with van der Waals surface area (Å²) < 4.78 is 0. The van der Waals surface area contributed by atoms with Gasteiger partial charge in [-0.25, -0.2) is 9.78 Å². The van der Waals surface area contributed by atoms with Gasteiger partial charge < -0.3 is 10.2 Å². The highest BCUT2D eigenvalue weighted by Crippen LogP contribution is 2.32. The lowest BCUT2D eigenvalue weighted by molar-refractivity contribution is 0.0762. The number of para-hydroxylation sites is 1. The van der Waals surface area contributed by atoms with Crippen LogP contribution in [0.2, 0.25) is 5.02 Å². The molecular formula is C19H15ClN4O2S. The molecule has 27 heavy (non-hydrogen) atoms. The number of fused-ring (bicyclic) bond motifs is 1. The van der Waals surface area contributed by atoms with E-state index in [-0.39, 0.29) is 5.91 Å². The molecule has 4 rings (SSSR count). The fraction of sp³-hybridized carbons (Fsp3) is 0.105. The molecular weight excluding hydrogens is 384 g/mol. The average Bonchev–Trinajstić information content (AvgIpc) is 3.17. The van der Waals surface area contributed by atoms with Gasteiger partial charge in [0.15, 0.2) is 5.13 Å². The maximum Gasteiger partial charge on any atom is 0.325 e. The number of carbonyl (C=O) groups is 2. The van der Waals surface area contributed by atoms with Crippen LogP contribution in [0.15, 0.2) is 54.6 Å². The van der Waals surface area contributed by atoms with Crippen LogP contribution in [0, 0.1) is 0 Å². The highest BCUT2D eigenvalue weighted by atomic mass is 35.5. The van der Waals surface area contributed by atoms with Crippen LogP contribution in [0.1, 0.15) is 20.9 Å². The van der Waals surface area contributed by atoms with Crippen molar-refractivity contribution >= 4 is 45.7 Å². The van der Waals surface area contributed by atoms with Gasteiger partial charge >= 0.3 is 6.03 Å². The Morgan fingerprint density at radius 1 is 1.11 bits per heavy atom. The summed E-state index contributed by atoms with van der Waals surface area (Å²) in [5.74, 6) is -0.121. The van der Waals surface area contributed by atoms with Gasteiger partial charge in [-0.2, -0.15) is 0 Å². The van der Waals surface area contributed by atoms with Gasteiger partial charge in [-0.3, -0.25) is 10.1 Å². The van der Waals surface area contributed by atoms with E-state index in [1.54, 1.807) is 29.2 Å². The maximum atomic E-state index is 12.6. The molecule has 0 radical (unpaired) electrons. The number of anilines is 2. The zero-order valence-electron chi connectivity index (χ0n) is 14.1. The minimum Gasteiger partial charge on any atom is -0.328 e. The predicted molar refractivity (Wildman–Crippen MR) is 106 cm³/mol. The molecule has 1 aliphatic rings. The first-order valence-corrected chi connectivity index (χ1v) is 9.45. The predicted octanol–water partition coefficient (Wildman–Crippen LogP) is 4.60. The van der Waals surface area contributed by atoms with Gasteiger partial charge in [0.25, 0.3) is 5.91 Å². The van der Waals surface area contributed by atoms with Crippen LogP contribution in [0.5, 0.6) is 0 Å². The van der Waals surface area contributed by atoms with Crippen molar-refractivity contribution in [3.05, 3.63) is 75.8 Å². The summed E-state index contributed by atoms with van der Waals surface area (Å²) in [5.41, 5.74) is 1.98. The standard InChI is InChI=1S/C19H15ClN4O2S/c20-13-8-4-5-9-14(13)21-18(26)23-19-22-16-15(27-19)11-24(17(16)25)10-12-6-2-1-3-7-12/h1-9H,10-11H2,(H2,21,22,23,26). The highest BCUT2D eigenvalue weighted by molar-refractivity contribution is 7.16. The molecule has 1 aromatic heterocycles. The van der Waals surface area contributed by atoms with Crippen molar-refractivity contribution in [1.82, 2.24) is 9.88 Å². The Hall–Kier alpha value is -2.90.